The van der Waals surface area contributed by atoms with Crippen LogP contribution in [0.25, 0.3) is 11.3 Å². The van der Waals surface area contributed by atoms with Gasteiger partial charge in [-0.2, -0.15) is 13.2 Å². The topological polar surface area (TPSA) is 110 Å². The summed E-state index contributed by atoms with van der Waals surface area (Å²) in [5.74, 6) is -0.917. The molecule has 8 nitrogen and oxygen atoms in total. The minimum Gasteiger partial charge on any atom is -0.493 e. The van der Waals surface area contributed by atoms with Gasteiger partial charge < -0.3 is 25.2 Å². The maximum Gasteiger partial charge on any atom is 0.392 e. The Morgan fingerprint density at radius 3 is 2.31 bits per heavy atom. The second kappa shape index (κ2) is 13.4. The Labute approximate surface area is 260 Å². The van der Waals surface area contributed by atoms with Gasteiger partial charge in [-0.3, -0.25) is 9.59 Å². The zero-order valence-corrected chi connectivity index (χ0v) is 25.1. The third kappa shape index (κ3) is 8.93. The molecule has 4 rings (SSSR count). The molecule has 2 aromatic carbocycles. The predicted molar refractivity (Wildman–Crippen MR) is 161 cm³/mol. The molecule has 1 unspecified atom stereocenters. The van der Waals surface area contributed by atoms with Crippen molar-refractivity contribution in [2.24, 2.45) is 0 Å². The van der Waals surface area contributed by atoms with E-state index in [9.17, 15) is 32.3 Å². The van der Waals surface area contributed by atoms with Crippen LogP contribution in [0.15, 0.2) is 48.5 Å². The second-order valence-electron chi connectivity index (χ2n) is 11.6. The number of nitrogens with zero attached hydrogens (tertiary/aromatic N) is 1. The van der Waals surface area contributed by atoms with Crippen molar-refractivity contribution in [3.8, 4) is 22.8 Å². The third-order valence-corrected chi connectivity index (χ3v) is 7.24. The number of methoxy groups -OCH3 is 1. The van der Waals surface area contributed by atoms with E-state index >= 15 is 0 Å². The molecule has 244 valence electrons. The van der Waals surface area contributed by atoms with Gasteiger partial charge in [0.05, 0.1) is 43.1 Å². The number of rotatable bonds is 11. The van der Waals surface area contributed by atoms with Crippen LogP contribution in [0, 0.1) is 12.7 Å². The van der Waals surface area contributed by atoms with Crippen molar-refractivity contribution in [2.45, 2.75) is 77.8 Å². The number of benzene rings is 2. The second-order valence-corrected chi connectivity index (χ2v) is 11.6. The molecule has 0 spiro atoms. The Bertz CT molecular complexity index is 1560. The molecule has 0 saturated heterocycles. The van der Waals surface area contributed by atoms with Crippen LogP contribution in [0.1, 0.15) is 74.6 Å². The Balaban J connectivity index is 0.00000552. The number of hydrogen-bond acceptors (Lipinski definition) is 6. The molecular formula is C33H39F4N3O5. The Morgan fingerprint density at radius 1 is 1.04 bits per heavy atom. The van der Waals surface area contributed by atoms with E-state index in [-0.39, 0.29) is 36.1 Å². The minimum atomic E-state index is -4.86. The summed E-state index contributed by atoms with van der Waals surface area (Å²) in [6.07, 6.45) is -4.71. The lowest BCUT2D eigenvalue weighted by molar-refractivity contribution is -0.178. The monoisotopic (exact) mass is 633 g/mol. The molecule has 1 fully saturated rings. The lowest BCUT2D eigenvalue weighted by Crippen LogP contribution is -2.45. The number of aliphatic hydroxyl groups is 1. The molecule has 3 aromatic rings. The van der Waals surface area contributed by atoms with Crippen molar-refractivity contribution < 1.29 is 41.7 Å². The zero-order valence-electron chi connectivity index (χ0n) is 25.1. The first kappa shape index (κ1) is 35.3. The van der Waals surface area contributed by atoms with Gasteiger partial charge in [0, 0.05) is 18.1 Å². The van der Waals surface area contributed by atoms with Crippen molar-refractivity contribution in [1.29, 1.82) is 0 Å². The highest BCUT2D eigenvalue weighted by molar-refractivity contribution is 5.95. The van der Waals surface area contributed by atoms with Crippen LogP contribution in [-0.2, 0) is 15.9 Å². The first-order chi connectivity index (χ1) is 20.5. The number of amides is 2. The molecule has 1 heterocycles. The average Bonchev–Trinajstić information content (AvgIpc) is 3.75. The molecule has 2 amide bonds. The Kier molecular flexibility index (Phi) is 10.5. The van der Waals surface area contributed by atoms with E-state index < -0.39 is 53.6 Å². The summed E-state index contributed by atoms with van der Waals surface area (Å²) >= 11 is 0. The molecule has 45 heavy (non-hydrogen) atoms. The number of pyridine rings is 1. The van der Waals surface area contributed by atoms with Crippen LogP contribution in [-0.4, -0.2) is 47.8 Å². The number of alkyl halides is 3. The maximum absolute atomic E-state index is 14.0. The van der Waals surface area contributed by atoms with Crippen molar-refractivity contribution in [3.63, 3.8) is 0 Å². The molecule has 1 atom stereocenters. The highest BCUT2D eigenvalue weighted by Gasteiger charge is 2.44. The molecule has 0 radical (unpaired) electrons. The quantitative estimate of drug-likeness (QED) is 0.213. The molecule has 1 aromatic heterocycles. The SMILES string of the molecule is C.COc1cc(C(=O)NCC(O)(CC(F)(F)F)c2cc(C(C)(C)NC(C)=O)cc(-c3ccc(F)c(C)c3)n2)ccc1OC1CC1. The summed E-state index contributed by atoms with van der Waals surface area (Å²) in [5.41, 5.74) is -3.01. The largest absolute Gasteiger partial charge is 0.493 e. The van der Waals surface area contributed by atoms with Gasteiger partial charge >= 0.3 is 6.18 Å². The van der Waals surface area contributed by atoms with Gasteiger partial charge in [-0.1, -0.05) is 7.43 Å². The van der Waals surface area contributed by atoms with Crippen LogP contribution in [0.3, 0.4) is 0 Å². The smallest absolute Gasteiger partial charge is 0.392 e. The number of carbonyl (C=O) groups is 2. The van der Waals surface area contributed by atoms with Gasteiger partial charge in [0.15, 0.2) is 11.5 Å². The first-order valence-electron chi connectivity index (χ1n) is 14.0. The summed E-state index contributed by atoms with van der Waals surface area (Å²) in [5, 5.41) is 16.8. The van der Waals surface area contributed by atoms with Crippen molar-refractivity contribution >= 4 is 11.8 Å². The summed E-state index contributed by atoms with van der Waals surface area (Å²) < 4.78 is 66.9. The van der Waals surface area contributed by atoms with Gasteiger partial charge in [0.1, 0.15) is 11.4 Å². The molecule has 12 heteroatoms. The van der Waals surface area contributed by atoms with Crippen molar-refractivity contribution in [2.75, 3.05) is 13.7 Å². The number of nitrogens with one attached hydrogen (secondary N) is 2. The van der Waals surface area contributed by atoms with Gasteiger partial charge in [-0.15, -0.1) is 0 Å². The molecule has 1 aliphatic rings. The molecular weight excluding hydrogens is 594 g/mol. The van der Waals surface area contributed by atoms with Gasteiger partial charge in [-0.05, 0) is 93.3 Å². The lowest BCUT2D eigenvalue weighted by atomic mass is 9.87. The molecule has 1 saturated carbocycles. The molecule has 3 N–H and O–H groups in total. The standard InChI is InChI=1S/C32H35F4N3O5.CH4/c1-18-12-20(6-10-24(18)33)25-14-22(30(3,4)39-19(2)40)15-28(38-25)31(42,16-32(34,35)36)17-37-29(41)21-7-11-26(27(13-21)43-5)44-23-8-9-23;/h6-7,10-15,23,42H,8-9,16-17H2,1-5H3,(H,37,41)(H,39,40);1H4. The van der Waals surface area contributed by atoms with Crippen LogP contribution in [0.5, 0.6) is 11.5 Å². The Morgan fingerprint density at radius 2 is 1.73 bits per heavy atom. The van der Waals surface area contributed by atoms with E-state index in [0.29, 0.717) is 16.9 Å². The number of aromatic nitrogens is 1. The minimum absolute atomic E-state index is 0. The first-order valence-corrected chi connectivity index (χ1v) is 14.0. The summed E-state index contributed by atoms with van der Waals surface area (Å²) in [7, 11) is 1.40. The fourth-order valence-corrected chi connectivity index (χ4v) is 4.77. The zero-order chi connectivity index (χ0) is 32.4. The average molecular weight is 634 g/mol. The van der Waals surface area contributed by atoms with Crippen LogP contribution in [0.2, 0.25) is 0 Å². The van der Waals surface area contributed by atoms with E-state index in [2.05, 4.69) is 15.6 Å². The number of aryl methyl sites for hydroxylation is 1. The van der Waals surface area contributed by atoms with E-state index in [1.807, 2.05) is 0 Å². The number of ether oxygens (including phenoxy) is 2. The van der Waals surface area contributed by atoms with Crippen molar-refractivity contribution in [3.05, 3.63) is 76.7 Å². The highest BCUT2D eigenvalue weighted by atomic mass is 19.4. The summed E-state index contributed by atoms with van der Waals surface area (Å²) in [4.78, 5) is 29.4. The van der Waals surface area contributed by atoms with E-state index in [1.165, 1.54) is 57.4 Å². The third-order valence-electron chi connectivity index (χ3n) is 7.24. The van der Waals surface area contributed by atoms with Crippen molar-refractivity contribution in [1.82, 2.24) is 15.6 Å². The van der Waals surface area contributed by atoms with Crippen LogP contribution < -0.4 is 20.1 Å². The fraction of sp³-hybridized carbons (Fsp3) is 0.424. The predicted octanol–water partition coefficient (Wildman–Crippen LogP) is 6.32. The van der Waals surface area contributed by atoms with Gasteiger partial charge in [0.2, 0.25) is 5.91 Å². The van der Waals surface area contributed by atoms with E-state index in [4.69, 9.17) is 9.47 Å². The Hall–Kier alpha value is -4.19. The molecule has 0 aliphatic heterocycles. The number of halogens is 4. The highest BCUT2D eigenvalue weighted by Crippen LogP contribution is 2.38. The summed E-state index contributed by atoms with van der Waals surface area (Å²) in [6.45, 7) is 5.25. The summed E-state index contributed by atoms with van der Waals surface area (Å²) in [6, 6.07) is 11.3. The fourth-order valence-electron chi connectivity index (χ4n) is 4.77. The van der Waals surface area contributed by atoms with Gasteiger partial charge in [0.25, 0.3) is 5.91 Å². The number of carbonyl (C=O) groups excluding carboxylic acids is 2. The maximum atomic E-state index is 14.0. The van der Waals surface area contributed by atoms with Crippen LogP contribution in [0.4, 0.5) is 17.6 Å². The van der Waals surface area contributed by atoms with Crippen LogP contribution >= 0.6 is 0 Å². The number of hydrogen-bond donors (Lipinski definition) is 3. The molecule has 1 aliphatic carbocycles. The molecule has 0 bridgehead atoms. The van der Waals surface area contributed by atoms with Gasteiger partial charge in [-0.25, -0.2) is 9.37 Å². The van der Waals surface area contributed by atoms with E-state index in [0.717, 1.165) is 12.8 Å². The lowest BCUT2D eigenvalue weighted by Gasteiger charge is -2.32. The van der Waals surface area contributed by atoms with E-state index in [1.54, 1.807) is 26.0 Å². The normalized spacial score (nSPS) is 14.5.